The third-order valence-corrected chi connectivity index (χ3v) is 3.09. The van der Waals surface area contributed by atoms with Crippen molar-refractivity contribution in [3.8, 4) is 0 Å². The molecule has 2 heteroatoms. The number of hydrogen-bond donors (Lipinski definition) is 1. The number of aromatic nitrogens is 1. The van der Waals surface area contributed by atoms with Crippen molar-refractivity contribution in [1.82, 2.24) is 10.3 Å². The third kappa shape index (κ3) is 5.31. The second kappa shape index (κ2) is 8.24. The largest absolute Gasteiger partial charge is 0.309 e. The van der Waals surface area contributed by atoms with Gasteiger partial charge in [0.25, 0.3) is 0 Å². The molecule has 0 aromatic carbocycles. The Morgan fingerprint density at radius 3 is 2.71 bits per heavy atom. The summed E-state index contributed by atoms with van der Waals surface area (Å²) in [5.41, 5.74) is 2.50. The number of nitrogens with one attached hydrogen (secondary N) is 1. The average molecular weight is 234 g/mol. The summed E-state index contributed by atoms with van der Waals surface area (Å²) >= 11 is 0. The van der Waals surface area contributed by atoms with Crippen molar-refractivity contribution >= 4 is 0 Å². The molecule has 1 heterocycles. The van der Waals surface area contributed by atoms with Gasteiger partial charge in [0, 0.05) is 12.2 Å². The first-order valence-corrected chi connectivity index (χ1v) is 6.93. The van der Waals surface area contributed by atoms with Crippen LogP contribution in [0.25, 0.3) is 0 Å². The van der Waals surface area contributed by atoms with Gasteiger partial charge in [-0.25, -0.2) is 0 Å². The first kappa shape index (κ1) is 14.2. The van der Waals surface area contributed by atoms with Gasteiger partial charge in [0.15, 0.2) is 0 Å². The van der Waals surface area contributed by atoms with Crippen LogP contribution in [0.1, 0.15) is 63.3 Å². The molecule has 0 spiro atoms. The van der Waals surface area contributed by atoms with E-state index in [-0.39, 0.29) is 0 Å². The van der Waals surface area contributed by atoms with Crippen molar-refractivity contribution in [2.24, 2.45) is 0 Å². The highest BCUT2D eigenvalue weighted by molar-refractivity contribution is 5.17. The van der Waals surface area contributed by atoms with Gasteiger partial charge in [0.1, 0.15) is 0 Å². The fourth-order valence-electron chi connectivity index (χ4n) is 2.13. The molecule has 1 aromatic heterocycles. The Balaban J connectivity index is 2.52. The SMILES string of the molecule is CCCCCCC(NCC)c1cc(C)ccn1. The Labute approximate surface area is 106 Å². The molecule has 1 unspecified atom stereocenters. The van der Waals surface area contributed by atoms with Gasteiger partial charge in [0.2, 0.25) is 0 Å². The first-order chi connectivity index (χ1) is 8.27. The zero-order valence-electron chi connectivity index (χ0n) is 11.5. The fraction of sp³-hybridized carbons (Fsp3) is 0.667. The summed E-state index contributed by atoms with van der Waals surface area (Å²) in [4.78, 5) is 4.49. The molecule has 0 fully saturated rings. The van der Waals surface area contributed by atoms with E-state index in [1.54, 1.807) is 0 Å². The molecule has 0 saturated heterocycles. The molecule has 0 aliphatic heterocycles. The van der Waals surface area contributed by atoms with Crippen LogP contribution < -0.4 is 5.32 Å². The number of unbranched alkanes of at least 4 members (excludes halogenated alkanes) is 3. The topological polar surface area (TPSA) is 24.9 Å². The number of hydrogen-bond acceptors (Lipinski definition) is 2. The molecule has 0 amide bonds. The maximum Gasteiger partial charge on any atom is 0.0575 e. The summed E-state index contributed by atoms with van der Waals surface area (Å²) in [7, 11) is 0. The summed E-state index contributed by atoms with van der Waals surface area (Å²) in [6.45, 7) is 7.55. The Bertz CT molecular complexity index is 310. The van der Waals surface area contributed by atoms with Crippen molar-refractivity contribution in [1.29, 1.82) is 0 Å². The van der Waals surface area contributed by atoms with E-state index in [1.165, 1.54) is 43.4 Å². The molecule has 1 N–H and O–H groups in total. The van der Waals surface area contributed by atoms with Gasteiger partial charge in [-0.1, -0.05) is 39.5 Å². The van der Waals surface area contributed by atoms with Gasteiger partial charge in [-0.2, -0.15) is 0 Å². The lowest BCUT2D eigenvalue weighted by atomic mass is 10.0. The normalized spacial score (nSPS) is 12.6. The smallest absolute Gasteiger partial charge is 0.0575 e. The fourth-order valence-corrected chi connectivity index (χ4v) is 2.13. The van der Waals surface area contributed by atoms with Crippen molar-refractivity contribution in [3.05, 3.63) is 29.6 Å². The summed E-state index contributed by atoms with van der Waals surface area (Å²) < 4.78 is 0. The number of pyridine rings is 1. The van der Waals surface area contributed by atoms with Crippen LogP contribution in [0.3, 0.4) is 0 Å². The molecule has 0 bridgehead atoms. The van der Waals surface area contributed by atoms with Crippen molar-refractivity contribution < 1.29 is 0 Å². The zero-order valence-corrected chi connectivity index (χ0v) is 11.5. The molecular formula is C15H26N2. The minimum atomic E-state index is 0.428. The van der Waals surface area contributed by atoms with Gasteiger partial charge in [-0.15, -0.1) is 0 Å². The van der Waals surface area contributed by atoms with Crippen LogP contribution in [0.5, 0.6) is 0 Å². The van der Waals surface area contributed by atoms with E-state index in [9.17, 15) is 0 Å². The van der Waals surface area contributed by atoms with E-state index in [0.29, 0.717) is 6.04 Å². The van der Waals surface area contributed by atoms with E-state index in [4.69, 9.17) is 0 Å². The highest BCUT2D eigenvalue weighted by Gasteiger charge is 2.10. The summed E-state index contributed by atoms with van der Waals surface area (Å²) in [6.07, 6.45) is 8.39. The van der Waals surface area contributed by atoms with Crippen LogP contribution in [0, 0.1) is 6.92 Å². The zero-order chi connectivity index (χ0) is 12.5. The van der Waals surface area contributed by atoms with Crippen LogP contribution in [0.2, 0.25) is 0 Å². The quantitative estimate of drug-likeness (QED) is 0.687. The van der Waals surface area contributed by atoms with Gasteiger partial charge in [-0.05, 0) is 37.6 Å². The lowest BCUT2D eigenvalue weighted by molar-refractivity contribution is 0.472. The molecule has 1 atom stereocenters. The van der Waals surface area contributed by atoms with E-state index in [2.05, 4.69) is 43.2 Å². The predicted molar refractivity (Wildman–Crippen MR) is 74.2 cm³/mol. The van der Waals surface area contributed by atoms with Crippen molar-refractivity contribution in [2.75, 3.05) is 6.54 Å². The second-order valence-electron chi connectivity index (χ2n) is 4.72. The minimum absolute atomic E-state index is 0.428. The van der Waals surface area contributed by atoms with Gasteiger partial charge in [0.05, 0.1) is 5.69 Å². The number of rotatable bonds is 8. The first-order valence-electron chi connectivity index (χ1n) is 6.93. The minimum Gasteiger partial charge on any atom is -0.309 e. The molecule has 0 aliphatic carbocycles. The van der Waals surface area contributed by atoms with Crippen LogP contribution in [-0.4, -0.2) is 11.5 Å². The van der Waals surface area contributed by atoms with Gasteiger partial charge < -0.3 is 5.32 Å². The molecule has 1 rings (SSSR count). The Morgan fingerprint density at radius 2 is 2.06 bits per heavy atom. The van der Waals surface area contributed by atoms with Crippen LogP contribution >= 0.6 is 0 Å². The molecule has 2 nitrogen and oxygen atoms in total. The molecule has 0 aliphatic rings. The summed E-state index contributed by atoms with van der Waals surface area (Å²) in [5, 5.41) is 3.54. The van der Waals surface area contributed by atoms with Crippen LogP contribution in [0.4, 0.5) is 0 Å². The summed E-state index contributed by atoms with van der Waals surface area (Å²) in [5.74, 6) is 0. The van der Waals surface area contributed by atoms with Crippen molar-refractivity contribution in [3.63, 3.8) is 0 Å². The molecule has 0 saturated carbocycles. The molecule has 1 aromatic rings. The highest BCUT2D eigenvalue weighted by atomic mass is 14.9. The average Bonchev–Trinajstić information content (AvgIpc) is 2.33. The highest BCUT2D eigenvalue weighted by Crippen LogP contribution is 2.19. The van der Waals surface area contributed by atoms with E-state index in [0.717, 1.165) is 6.54 Å². The maximum atomic E-state index is 4.49. The second-order valence-corrected chi connectivity index (χ2v) is 4.72. The summed E-state index contributed by atoms with van der Waals surface area (Å²) in [6, 6.07) is 4.69. The van der Waals surface area contributed by atoms with Crippen LogP contribution in [-0.2, 0) is 0 Å². The Hall–Kier alpha value is -0.890. The molecular weight excluding hydrogens is 208 g/mol. The number of nitrogens with zero attached hydrogens (tertiary/aromatic N) is 1. The van der Waals surface area contributed by atoms with E-state index in [1.807, 2.05) is 6.20 Å². The van der Waals surface area contributed by atoms with Crippen LogP contribution in [0.15, 0.2) is 18.3 Å². The Kier molecular flexibility index (Phi) is 6.87. The van der Waals surface area contributed by atoms with Gasteiger partial charge in [-0.3, -0.25) is 4.98 Å². The Morgan fingerprint density at radius 1 is 1.24 bits per heavy atom. The van der Waals surface area contributed by atoms with Crippen molar-refractivity contribution in [2.45, 2.75) is 58.9 Å². The third-order valence-electron chi connectivity index (χ3n) is 3.09. The number of aryl methyl sites for hydroxylation is 1. The van der Waals surface area contributed by atoms with E-state index >= 15 is 0 Å². The maximum absolute atomic E-state index is 4.49. The molecule has 17 heavy (non-hydrogen) atoms. The monoisotopic (exact) mass is 234 g/mol. The molecule has 96 valence electrons. The van der Waals surface area contributed by atoms with Gasteiger partial charge >= 0.3 is 0 Å². The predicted octanol–water partition coefficient (Wildman–Crippen LogP) is 4.01. The molecule has 0 radical (unpaired) electrons. The lowest BCUT2D eigenvalue weighted by Gasteiger charge is -2.17. The standard InChI is InChI=1S/C15H26N2/c1-4-6-7-8-9-14(16-5-2)15-12-13(3)10-11-17-15/h10-12,14,16H,4-9H2,1-3H3. The lowest BCUT2D eigenvalue weighted by Crippen LogP contribution is -2.21. The van der Waals surface area contributed by atoms with E-state index < -0.39 is 0 Å².